The van der Waals surface area contributed by atoms with E-state index in [0.29, 0.717) is 17.5 Å². The van der Waals surface area contributed by atoms with Crippen LogP contribution in [0.2, 0.25) is 0 Å². The minimum Gasteiger partial charge on any atom is -0.364 e. The summed E-state index contributed by atoms with van der Waals surface area (Å²) in [4.78, 5) is 14.0. The van der Waals surface area contributed by atoms with Gasteiger partial charge >= 0.3 is 0 Å². The predicted octanol–water partition coefficient (Wildman–Crippen LogP) is 0.108. The Morgan fingerprint density at radius 2 is 2.53 bits per heavy atom. The minimum absolute atomic E-state index is 0.0486. The second kappa shape index (κ2) is 3.34. The van der Waals surface area contributed by atoms with Gasteiger partial charge in [0.05, 0.1) is 11.8 Å². The van der Waals surface area contributed by atoms with Gasteiger partial charge in [-0.3, -0.25) is 4.79 Å². The largest absolute Gasteiger partial charge is 0.364 e. The maximum Gasteiger partial charge on any atom is 0.259 e. The zero-order valence-electron chi connectivity index (χ0n) is 8.35. The zero-order chi connectivity index (χ0) is 10.3. The average Bonchev–Trinajstić information content (AvgIpc) is 2.94. The van der Waals surface area contributed by atoms with Gasteiger partial charge in [0, 0.05) is 25.7 Å². The first-order valence-electron chi connectivity index (χ1n) is 5.27. The van der Waals surface area contributed by atoms with Crippen molar-refractivity contribution in [2.45, 2.75) is 12.5 Å². The van der Waals surface area contributed by atoms with Crippen molar-refractivity contribution >= 4 is 5.91 Å². The van der Waals surface area contributed by atoms with Crippen LogP contribution in [0.4, 0.5) is 0 Å². The third-order valence-corrected chi connectivity index (χ3v) is 3.39. The van der Waals surface area contributed by atoms with E-state index in [-0.39, 0.29) is 5.91 Å². The molecular weight excluding hydrogens is 194 g/mol. The van der Waals surface area contributed by atoms with Crippen molar-refractivity contribution in [2.24, 2.45) is 5.92 Å². The molecule has 2 fully saturated rings. The number of carbonyl (C=O) groups is 1. The number of hydrogen-bond donors (Lipinski definition) is 1. The summed E-state index contributed by atoms with van der Waals surface area (Å²) in [6.07, 6.45) is 4.00. The van der Waals surface area contributed by atoms with Crippen molar-refractivity contribution in [3.05, 3.63) is 18.0 Å². The summed E-state index contributed by atoms with van der Waals surface area (Å²) >= 11 is 0. The van der Waals surface area contributed by atoms with Crippen LogP contribution < -0.4 is 5.32 Å². The van der Waals surface area contributed by atoms with Crippen molar-refractivity contribution < 1.29 is 9.32 Å². The van der Waals surface area contributed by atoms with Gasteiger partial charge < -0.3 is 14.7 Å². The van der Waals surface area contributed by atoms with E-state index in [0.717, 1.165) is 26.1 Å². The summed E-state index contributed by atoms with van der Waals surface area (Å²) < 4.78 is 4.69. The molecule has 2 atom stereocenters. The van der Waals surface area contributed by atoms with E-state index in [1.54, 1.807) is 0 Å². The second-order valence-electron chi connectivity index (χ2n) is 4.19. The second-order valence-corrected chi connectivity index (χ2v) is 4.19. The Morgan fingerprint density at radius 1 is 1.60 bits per heavy atom. The average molecular weight is 207 g/mol. The molecule has 80 valence electrons. The van der Waals surface area contributed by atoms with Crippen LogP contribution in [0.3, 0.4) is 0 Å². The van der Waals surface area contributed by atoms with E-state index in [9.17, 15) is 4.79 Å². The predicted molar refractivity (Wildman–Crippen MR) is 52.3 cm³/mol. The molecule has 1 N–H and O–H groups in total. The molecule has 3 heterocycles. The van der Waals surface area contributed by atoms with Crippen molar-refractivity contribution in [3.63, 3.8) is 0 Å². The number of nitrogens with one attached hydrogen (secondary N) is 1. The molecule has 0 aliphatic carbocycles. The topological polar surface area (TPSA) is 58.4 Å². The summed E-state index contributed by atoms with van der Waals surface area (Å²) in [5.74, 6) is 0.682. The van der Waals surface area contributed by atoms with Gasteiger partial charge in [0.1, 0.15) is 6.26 Å². The lowest BCUT2D eigenvalue weighted by molar-refractivity contribution is 0.0736. The van der Waals surface area contributed by atoms with E-state index in [1.807, 2.05) is 4.90 Å². The standard InChI is InChI=1S/C10H13N3O2/c14-10(8-4-12-15-6-8)13-2-1-7-3-11-5-9(7)13/h4,6-7,9,11H,1-3,5H2. The summed E-state index contributed by atoms with van der Waals surface area (Å²) in [5.41, 5.74) is 0.558. The smallest absolute Gasteiger partial charge is 0.259 e. The molecule has 1 aromatic rings. The van der Waals surface area contributed by atoms with Crippen LogP contribution in [-0.2, 0) is 0 Å². The molecule has 0 radical (unpaired) electrons. The molecule has 0 aromatic carbocycles. The fraction of sp³-hybridized carbons (Fsp3) is 0.600. The molecule has 15 heavy (non-hydrogen) atoms. The number of carbonyl (C=O) groups excluding carboxylic acids is 1. The molecule has 3 rings (SSSR count). The molecule has 5 nitrogen and oxygen atoms in total. The molecule has 2 aliphatic rings. The Kier molecular flexibility index (Phi) is 1.98. The lowest BCUT2D eigenvalue weighted by Gasteiger charge is -2.22. The van der Waals surface area contributed by atoms with Gasteiger partial charge in [-0.25, -0.2) is 0 Å². The number of aromatic nitrogens is 1. The van der Waals surface area contributed by atoms with Crippen molar-refractivity contribution in [3.8, 4) is 0 Å². The van der Waals surface area contributed by atoms with Crippen molar-refractivity contribution in [2.75, 3.05) is 19.6 Å². The Labute approximate surface area is 87.4 Å². The van der Waals surface area contributed by atoms with Gasteiger partial charge in [0.2, 0.25) is 0 Å². The monoisotopic (exact) mass is 207 g/mol. The van der Waals surface area contributed by atoms with Gasteiger partial charge in [-0.05, 0) is 12.3 Å². The lowest BCUT2D eigenvalue weighted by Crippen LogP contribution is -2.38. The Balaban J connectivity index is 1.80. The van der Waals surface area contributed by atoms with Gasteiger partial charge in [-0.1, -0.05) is 5.16 Å². The number of fused-ring (bicyclic) bond motifs is 1. The number of rotatable bonds is 1. The van der Waals surface area contributed by atoms with Crippen LogP contribution in [0.15, 0.2) is 17.0 Å². The van der Waals surface area contributed by atoms with E-state index in [2.05, 4.69) is 10.5 Å². The minimum atomic E-state index is 0.0486. The van der Waals surface area contributed by atoms with Crippen LogP contribution in [0.25, 0.3) is 0 Å². The molecule has 0 bridgehead atoms. The van der Waals surface area contributed by atoms with Gasteiger partial charge in [-0.15, -0.1) is 0 Å². The zero-order valence-corrected chi connectivity index (χ0v) is 8.35. The van der Waals surface area contributed by atoms with E-state index in [1.165, 1.54) is 12.5 Å². The van der Waals surface area contributed by atoms with E-state index >= 15 is 0 Å². The molecule has 2 unspecified atom stereocenters. The Morgan fingerprint density at radius 3 is 3.33 bits per heavy atom. The molecule has 2 aliphatic heterocycles. The van der Waals surface area contributed by atoms with Crippen LogP contribution >= 0.6 is 0 Å². The fourth-order valence-electron chi connectivity index (χ4n) is 2.58. The third kappa shape index (κ3) is 1.34. The van der Waals surface area contributed by atoms with Crippen LogP contribution in [0.5, 0.6) is 0 Å². The molecule has 1 aromatic heterocycles. The summed E-state index contributed by atoms with van der Waals surface area (Å²) in [5, 5.41) is 6.88. The molecule has 0 saturated carbocycles. The summed E-state index contributed by atoms with van der Waals surface area (Å²) in [6.45, 7) is 2.82. The summed E-state index contributed by atoms with van der Waals surface area (Å²) in [6, 6.07) is 0.368. The van der Waals surface area contributed by atoms with Crippen molar-refractivity contribution in [1.82, 2.24) is 15.4 Å². The fourth-order valence-corrected chi connectivity index (χ4v) is 2.58. The Hall–Kier alpha value is -1.36. The van der Waals surface area contributed by atoms with Crippen LogP contribution in [0.1, 0.15) is 16.8 Å². The molecule has 5 heteroatoms. The quantitative estimate of drug-likeness (QED) is 0.710. The first-order valence-corrected chi connectivity index (χ1v) is 5.27. The maximum absolute atomic E-state index is 12.0. The van der Waals surface area contributed by atoms with Crippen molar-refractivity contribution in [1.29, 1.82) is 0 Å². The molecular formula is C10H13N3O2. The lowest BCUT2D eigenvalue weighted by atomic mass is 10.1. The highest BCUT2D eigenvalue weighted by molar-refractivity contribution is 5.94. The maximum atomic E-state index is 12.0. The molecule has 1 amide bonds. The molecule has 2 saturated heterocycles. The van der Waals surface area contributed by atoms with E-state index in [4.69, 9.17) is 4.52 Å². The number of hydrogen-bond acceptors (Lipinski definition) is 4. The molecule has 0 spiro atoms. The van der Waals surface area contributed by atoms with Gasteiger partial charge in [0.15, 0.2) is 0 Å². The summed E-state index contributed by atoms with van der Waals surface area (Å²) in [7, 11) is 0. The third-order valence-electron chi connectivity index (χ3n) is 3.39. The van der Waals surface area contributed by atoms with Crippen LogP contribution in [0, 0.1) is 5.92 Å². The van der Waals surface area contributed by atoms with Gasteiger partial charge in [0.25, 0.3) is 5.91 Å². The first kappa shape index (κ1) is 8.91. The highest BCUT2D eigenvalue weighted by atomic mass is 16.5. The number of nitrogens with zero attached hydrogens (tertiary/aromatic N) is 2. The highest BCUT2D eigenvalue weighted by Crippen LogP contribution is 2.28. The van der Waals surface area contributed by atoms with Gasteiger partial charge in [-0.2, -0.15) is 0 Å². The first-order chi connectivity index (χ1) is 7.36. The Bertz CT molecular complexity index is 363. The number of amides is 1. The van der Waals surface area contributed by atoms with E-state index < -0.39 is 0 Å². The highest BCUT2D eigenvalue weighted by Gasteiger charge is 2.40. The normalized spacial score (nSPS) is 29.5. The number of likely N-dealkylation sites (tertiary alicyclic amines) is 1. The van der Waals surface area contributed by atoms with Crippen LogP contribution in [-0.4, -0.2) is 41.6 Å². The SMILES string of the molecule is O=C(c1cnoc1)N1CCC2CNCC21.